The Hall–Kier alpha value is -1.16. The molecule has 1 atom stereocenters. The molecule has 0 aliphatic carbocycles. The van der Waals surface area contributed by atoms with Gasteiger partial charge >= 0.3 is 0 Å². The molecule has 0 spiro atoms. The molecule has 0 saturated heterocycles. The van der Waals surface area contributed by atoms with Crippen molar-refractivity contribution < 1.29 is 9.59 Å². The Balaban J connectivity index is 2.18. The zero-order chi connectivity index (χ0) is 15.0. The topological polar surface area (TPSA) is 46.2 Å². The molecule has 1 N–H and O–H groups in total. The Labute approximate surface area is 125 Å². The highest BCUT2D eigenvalue weighted by Gasteiger charge is 2.12. The molecule has 0 fully saturated rings. The van der Waals surface area contributed by atoms with Gasteiger partial charge in [-0.25, -0.2) is 0 Å². The van der Waals surface area contributed by atoms with Crippen LogP contribution in [0.4, 0.5) is 0 Å². The lowest BCUT2D eigenvalue weighted by molar-refractivity contribution is -0.121. The average Bonchev–Trinajstić information content (AvgIpc) is 2.89. The van der Waals surface area contributed by atoms with E-state index in [-0.39, 0.29) is 24.2 Å². The first-order chi connectivity index (χ1) is 9.49. The highest BCUT2D eigenvalue weighted by Crippen LogP contribution is 2.12. The number of carbonyl (C=O) groups is 2. The monoisotopic (exact) mass is 295 g/mol. The third-order valence-corrected chi connectivity index (χ3v) is 4.11. The summed E-state index contributed by atoms with van der Waals surface area (Å²) in [6, 6.07) is 3.85. The summed E-state index contributed by atoms with van der Waals surface area (Å²) in [6.45, 7) is 6.44. The van der Waals surface area contributed by atoms with Crippen LogP contribution in [0.3, 0.4) is 0 Å². The van der Waals surface area contributed by atoms with E-state index in [9.17, 15) is 9.59 Å². The maximum Gasteiger partial charge on any atom is 0.220 e. The van der Waals surface area contributed by atoms with Gasteiger partial charge in [0.1, 0.15) is 0 Å². The largest absolute Gasteiger partial charge is 0.354 e. The molecule has 112 valence electrons. The van der Waals surface area contributed by atoms with Crippen LogP contribution in [-0.2, 0) is 4.79 Å². The van der Waals surface area contributed by atoms with E-state index < -0.39 is 0 Å². The number of ketones is 1. The molecule has 1 aromatic rings. The van der Waals surface area contributed by atoms with Gasteiger partial charge in [-0.05, 0) is 30.7 Å². The minimum absolute atomic E-state index is 0.0213. The molecule has 20 heavy (non-hydrogen) atoms. The van der Waals surface area contributed by atoms with E-state index in [1.54, 1.807) is 6.07 Å². The Kier molecular flexibility index (Phi) is 7.52. The first-order valence-electron chi connectivity index (χ1n) is 7.35. The third kappa shape index (κ3) is 6.85. The highest BCUT2D eigenvalue weighted by molar-refractivity contribution is 7.12. The van der Waals surface area contributed by atoms with Crippen molar-refractivity contribution in [2.24, 2.45) is 5.92 Å². The normalized spacial score (nSPS) is 12.4. The molecule has 0 aliphatic heterocycles. The molecule has 3 nitrogen and oxygen atoms in total. The van der Waals surface area contributed by atoms with Gasteiger partial charge in [-0.3, -0.25) is 9.59 Å². The van der Waals surface area contributed by atoms with Crippen molar-refractivity contribution in [3.8, 4) is 0 Å². The van der Waals surface area contributed by atoms with Gasteiger partial charge in [0.15, 0.2) is 5.78 Å². The number of Topliss-reactive ketones (excluding diaryl/α,β-unsaturated/α-hetero) is 1. The molecule has 1 unspecified atom stereocenters. The van der Waals surface area contributed by atoms with Crippen molar-refractivity contribution in [2.75, 3.05) is 0 Å². The molecular formula is C16H25NO2S. The average molecular weight is 295 g/mol. The van der Waals surface area contributed by atoms with E-state index in [2.05, 4.69) is 19.2 Å². The zero-order valence-corrected chi connectivity index (χ0v) is 13.5. The van der Waals surface area contributed by atoms with Gasteiger partial charge in [0.25, 0.3) is 0 Å². The van der Waals surface area contributed by atoms with E-state index in [4.69, 9.17) is 0 Å². The standard InChI is InChI=1S/C16H25NO2S/c1-12(2)6-4-7-13(3)17-16(19)10-9-14(18)15-8-5-11-20-15/h5,8,11-13H,4,6-7,9-10H2,1-3H3,(H,17,19). The van der Waals surface area contributed by atoms with Gasteiger partial charge < -0.3 is 5.32 Å². The predicted octanol–water partition coefficient (Wildman–Crippen LogP) is 4.04. The van der Waals surface area contributed by atoms with E-state index in [1.165, 1.54) is 17.8 Å². The third-order valence-electron chi connectivity index (χ3n) is 3.20. The number of nitrogens with one attached hydrogen (secondary N) is 1. The lowest BCUT2D eigenvalue weighted by Crippen LogP contribution is -2.32. The van der Waals surface area contributed by atoms with Crippen LogP contribution in [0, 0.1) is 5.92 Å². The van der Waals surface area contributed by atoms with Crippen molar-refractivity contribution in [2.45, 2.75) is 58.9 Å². The summed E-state index contributed by atoms with van der Waals surface area (Å²) in [6.07, 6.45) is 3.91. The lowest BCUT2D eigenvalue weighted by Gasteiger charge is -2.14. The molecule has 1 rings (SSSR count). The summed E-state index contributed by atoms with van der Waals surface area (Å²) in [5.74, 6) is 0.746. The molecule has 0 saturated carbocycles. The second-order valence-corrected chi connectivity index (χ2v) is 6.64. The molecule has 0 bridgehead atoms. The van der Waals surface area contributed by atoms with Gasteiger partial charge in [-0.15, -0.1) is 11.3 Å². The van der Waals surface area contributed by atoms with Crippen LogP contribution in [0.15, 0.2) is 17.5 Å². The van der Waals surface area contributed by atoms with E-state index in [0.717, 1.165) is 17.7 Å². The molecule has 1 heterocycles. The van der Waals surface area contributed by atoms with Crippen LogP contribution >= 0.6 is 11.3 Å². The number of thiophene rings is 1. The van der Waals surface area contributed by atoms with Gasteiger partial charge in [0.2, 0.25) is 5.91 Å². The van der Waals surface area contributed by atoms with Crippen molar-refractivity contribution in [3.63, 3.8) is 0 Å². The Morgan fingerprint density at radius 2 is 1.95 bits per heavy atom. The van der Waals surface area contributed by atoms with Gasteiger partial charge in [0.05, 0.1) is 4.88 Å². The molecule has 1 amide bonds. The second kappa shape index (κ2) is 8.90. The Morgan fingerprint density at radius 3 is 2.55 bits per heavy atom. The number of carbonyl (C=O) groups excluding carboxylic acids is 2. The van der Waals surface area contributed by atoms with Crippen LogP contribution < -0.4 is 5.32 Å². The lowest BCUT2D eigenvalue weighted by atomic mass is 10.0. The minimum atomic E-state index is -0.0213. The van der Waals surface area contributed by atoms with Crippen molar-refractivity contribution >= 4 is 23.0 Å². The maximum absolute atomic E-state index is 11.8. The second-order valence-electron chi connectivity index (χ2n) is 5.69. The summed E-state index contributed by atoms with van der Waals surface area (Å²) in [7, 11) is 0. The summed E-state index contributed by atoms with van der Waals surface area (Å²) in [4.78, 5) is 24.3. The fourth-order valence-corrected chi connectivity index (χ4v) is 2.73. The number of rotatable bonds is 9. The summed E-state index contributed by atoms with van der Waals surface area (Å²) < 4.78 is 0. The van der Waals surface area contributed by atoms with Crippen LogP contribution in [0.25, 0.3) is 0 Å². The quantitative estimate of drug-likeness (QED) is 0.699. The fraction of sp³-hybridized carbons (Fsp3) is 0.625. The van der Waals surface area contributed by atoms with Gasteiger partial charge in [0, 0.05) is 18.9 Å². The van der Waals surface area contributed by atoms with Crippen LogP contribution in [0.1, 0.15) is 62.5 Å². The molecular weight excluding hydrogens is 270 g/mol. The molecule has 0 radical (unpaired) electrons. The van der Waals surface area contributed by atoms with Gasteiger partial charge in [-0.2, -0.15) is 0 Å². The summed E-state index contributed by atoms with van der Waals surface area (Å²) in [5, 5.41) is 4.85. The molecule has 0 aromatic carbocycles. The number of amides is 1. The summed E-state index contributed by atoms with van der Waals surface area (Å²) >= 11 is 1.43. The first-order valence-corrected chi connectivity index (χ1v) is 8.23. The Morgan fingerprint density at radius 1 is 1.20 bits per heavy atom. The number of hydrogen-bond acceptors (Lipinski definition) is 3. The van der Waals surface area contributed by atoms with Crippen LogP contribution in [0.2, 0.25) is 0 Å². The van der Waals surface area contributed by atoms with Crippen molar-refractivity contribution in [1.29, 1.82) is 0 Å². The smallest absolute Gasteiger partial charge is 0.220 e. The predicted molar refractivity (Wildman–Crippen MR) is 84.2 cm³/mol. The molecule has 0 aliphatic rings. The van der Waals surface area contributed by atoms with E-state index >= 15 is 0 Å². The Bertz CT molecular complexity index is 412. The summed E-state index contributed by atoms with van der Waals surface area (Å²) in [5.41, 5.74) is 0. The van der Waals surface area contributed by atoms with Gasteiger partial charge in [-0.1, -0.05) is 32.8 Å². The highest BCUT2D eigenvalue weighted by atomic mass is 32.1. The zero-order valence-electron chi connectivity index (χ0n) is 12.6. The van der Waals surface area contributed by atoms with Crippen LogP contribution in [0.5, 0.6) is 0 Å². The molecule has 4 heteroatoms. The van der Waals surface area contributed by atoms with E-state index in [1.807, 2.05) is 18.4 Å². The number of hydrogen-bond donors (Lipinski definition) is 1. The van der Waals surface area contributed by atoms with E-state index in [0.29, 0.717) is 12.3 Å². The fourth-order valence-electron chi connectivity index (χ4n) is 2.04. The van der Waals surface area contributed by atoms with Crippen molar-refractivity contribution in [1.82, 2.24) is 5.32 Å². The van der Waals surface area contributed by atoms with Crippen molar-refractivity contribution in [3.05, 3.63) is 22.4 Å². The maximum atomic E-state index is 11.8. The minimum Gasteiger partial charge on any atom is -0.354 e. The van der Waals surface area contributed by atoms with Crippen LogP contribution in [-0.4, -0.2) is 17.7 Å². The first kappa shape index (κ1) is 16.9. The molecule has 1 aromatic heterocycles. The SMILES string of the molecule is CC(C)CCCC(C)NC(=O)CCC(=O)c1cccs1.